The molecule has 21 heavy (non-hydrogen) atoms. The van der Waals surface area contributed by atoms with Gasteiger partial charge in [0.1, 0.15) is 5.75 Å². The SMILES string of the molecule is COc1ccc(Br)c(C(=O)NCC2(CO)CCCCC2)c1. The first-order chi connectivity index (χ1) is 10.1. The van der Waals surface area contributed by atoms with Crippen LogP contribution in [0.4, 0.5) is 0 Å². The lowest BCUT2D eigenvalue weighted by Crippen LogP contribution is -2.41. The number of hydrogen-bond donors (Lipinski definition) is 2. The highest BCUT2D eigenvalue weighted by molar-refractivity contribution is 9.10. The van der Waals surface area contributed by atoms with Gasteiger partial charge in [-0.3, -0.25) is 4.79 Å². The fourth-order valence-electron chi connectivity index (χ4n) is 2.86. The first-order valence-corrected chi connectivity index (χ1v) is 8.12. The van der Waals surface area contributed by atoms with Crippen LogP contribution >= 0.6 is 15.9 Å². The van der Waals surface area contributed by atoms with E-state index in [2.05, 4.69) is 21.2 Å². The Morgan fingerprint density at radius 2 is 2.10 bits per heavy atom. The number of nitrogens with one attached hydrogen (secondary N) is 1. The zero-order chi connectivity index (χ0) is 15.3. The van der Waals surface area contributed by atoms with E-state index in [1.165, 1.54) is 6.42 Å². The van der Waals surface area contributed by atoms with Crippen LogP contribution in [0.25, 0.3) is 0 Å². The third kappa shape index (κ3) is 3.98. The summed E-state index contributed by atoms with van der Waals surface area (Å²) in [7, 11) is 1.58. The van der Waals surface area contributed by atoms with Crippen molar-refractivity contribution in [3.05, 3.63) is 28.2 Å². The average Bonchev–Trinajstić information content (AvgIpc) is 2.54. The van der Waals surface area contributed by atoms with Crippen LogP contribution < -0.4 is 10.1 Å². The topological polar surface area (TPSA) is 58.6 Å². The molecule has 1 fully saturated rings. The van der Waals surface area contributed by atoms with Crippen LogP contribution in [0, 0.1) is 5.41 Å². The van der Waals surface area contributed by atoms with E-state index in [4.69, 9.17) is 4.74 Å². The summed E-state index contributed by atoms with van der Waals surface area (Å²) in [4.78, 5) is 12.4. The predicted molar refractivity (Wildman–Crippen MR) is 85.6 cm³/mol. The van der Waals surface area contributed by atoms with Crippen LogP contribution in [0.3, 0.4) is 0 Å². The van der Waals surface area contributed by atoms with Crippen LogP contribution in [0.15, 0.2) is 22.7 Å². The van der Waals surface area contributed by atoms with Crippen LogP contribution in [0.5, 0.6) is 5.75 Å². The van der Waals surface area contributed by atoms with Crippen molar-refractivity contribution in [1.82, 2.24) is 5.32 Å². The number of benzene rings is 1. The molecule has 0 radical (unpaired) electrons. The van der Waals surface area contributed by atoms with Crippen molar-refractivity contribution in [2.75, 3.05) is 20.3 Å². The number of carbonyl (C=O) groups is 1. The molecule has 0 saturated heterocycles. The van der Waals surface area contributed by atoms with Crippen molar-refractivity contribution in [2.45, 2.75) is 32.1 Å². The molecular weight excluding hydrogens is 334 g/mol. The van der Waals surface area contributed by atoms with Gasteiger partial charge in [0, 0.05) is 16.4 Å². The van der Waals surface area contributed by atoms with Crippen molar-refractivity contribution in [2.24, 2.45) is 5.41 Å². The summed E-state index contributed by atoms with van der Waals surface area (Å²) in [6, 6.07) is 5.32. The van der Waals surface area contributed by atoms with E-state index in [1.807, 2.05) is 0 Å². The molecule has 0 bridgehead atoms. The zero-order valence-corrected chi connectivity index (χ0v) is 13.9. The Balaban J connectivity index is 2.04. The van der Waals surface area contributed by atoms with Gasteiger partial charge in [-0.1, -0.05) is 19.3 Å². The van der Waals surface area contributed by atoms with E-state index >= 15 is 0 Å². The summed E-state index contributed by atoms with van der Waals surface area (Å²) < 4.78 is 5.89. The predicted octanol–water partition coefficient (Wildman–Crippen LogP) is 3.13. The maximum atomic E-state index is 12.4. The van der Waals surface area contributed by atoms with Gasteiger partial charge in [-0.05, 0) is 47.0 Å². The van der Waals surface area contributed by atoms with Crippen LogP contribution in [-0.4, -0.2) is 31.3 Å². The molecule has 1 saturated carbocycles. The summed E-state index contributed by atoms with van der Waals surface area (Å²) in [5.41, 5.74) is 0.400. The molecule has 1 amide bonds. The van der Waals surface area contributed by atoms with Crippen LogP contribution in [-0.2, 0) is 0 Å². The summed E-state index contributed by atoms with van der Waals surface area (Å²) in [6.07, 6.45) is 5.42. The molecule has 2 N–H and O–H groups in total. The summed E-state index contributed by atoms with van der Waals surface area (Å²) in [5, 5.41) is 12.6. The van der Waals surface area contributed by atoms with Crippen molar-refractivity contribution in [1.29, 1.82) is 0 Å². The molecule has 2 rings (SSSR count). The minimum absolute atomic E-state index is 0.132. The number of halogens is 1. The first-order valence-electron chi connectivity index (χ1n) is 7.33. The monoisotopic (exact) mass is 355 g/mol. The Labute approximate surface area is 134 Å². The number of methoxy groups -OCH3 is 1. The van der Waals surface area contributed by atoms with Crippen LogP contribution in [0.2, 0.25) is 0 Å². The standard InChI is InChI=1S/C16H22BrNO3/c1-21-12-5-6-14(17)13(9-12)15(20)18-10-16(11-19)7-3-2-4-8-16/h5-6,9,19H,2-4,7-8,10-11H2,1H3,(H,18,20). The zero-order valence-electron chi connectivity index (χ0n) is 12.3. The van der Waals surface area contributed by atoms with Crippen molar-refractivity contribution >= 4 is 21.8 Å². The van der Waals surface area contributed by atoms with Crippen molar-refractivity contribution in [3.63, 3.8) is 0 Å². The van der Waals surface area contributed by atoms with Gasteiger partial charge in [-0.2, -0.15) is 0 Å². The Morgan fingerprint density at radius 1 is 1.38 bits per heavy atom. The Kier molecular flexibility index (Phi) is 5.65. The fraction of sp³-hybridized carbons (Fsp3) is 0.562. The van der Waals surface area contributed by atoms with E-state index in [0.717, 1.165) is 30.2 Å². The third-order valence-corrected chi connectivity index (χ3v) is 4.98. The highest BCUT2D eigenvalue weighted by Gasteiger charge is 2.31. The molecule has 0 spiro atoms. The van der Waals surface area contributed by atoms with Gasteiger partial charge in [0.25, 0.3) is 5.91 Å². The lowest BCUT2D eigenvalue weighted by molar-refractivity contribution is 0.0717. The molecule has 1 aromatic carbocycles. The van der Waals surface area contributed by atoms with E-state index in [0.29, 0.717) is 17.9 Å². The summed E-state index contributed by atoms with van der Waals surface area (Å²) >= 11 is 3.39. The minimum atomic E-state index is -0.154. The molecule has 5 heteroatoms. The molecule has 0 unspecified atom stereocenters. The lowest BCUT2D eigenvalue weighted by Gasteiger charge is -2.35. The van der Waals surface area contributed by atoms with E-state index in [-0.39, 0.29) is 17.9 Å². The molecule has 1 aliphatic carbocycles. The Bertz CT molecular complexity index is 498. The number of amides is 1. The Hall–Kier alpha value is -1.07. The van der Waals surface area contributed by atoms with Gasteiger partial charge in [0.15, 0.2) is 0 Å². The highest BCUT2D eigenvalue weighted by Crippen LogP contribution is 2.35. The smallest absolute Gasteiger partial charge is 0.252 e. The lowest BCUT2D eigenvalue weighted by atomic mass is 9.74. The number of aliphatic hydroxyl groups is 1. The summed E-state index contributed by atoms with van der Waals surface area (Å²) in [6.45, 7) is 0.651. The molecule has 0 aromatic heterocycles. The fourth-order valence-corrected chi connectivity index (χ4v) is 3.29. The van der Waals surface area contributed by atoms with Crippen LogP contribution in [0.1, 0.15) is 42.5 Å². The van der Waals surface area contributed by atoms with Crippen molar-refractivity contribution < 1.29 is 14.6 Å². The molecule has 116 valence electrons. The molecular formula is C16H22BrNO3. The molecule has 1 aliphatic rings. The third-order valence-electron chi connectivity index (χ3n) is 4.29. The molecule has 0 heterocycles. The molecule has 0 atom stereocenters. The molecule has 0 aliphatic heterocycles. The Morgan fingerprint density at radius 3 is 2.71 bits per heavy atom. The number of aliphatic hydroxyl groups excluding tert-OH is 1. The number of hydrogen-bond acceptors (Lipinski definition) is 3. The summed E-state index contributed by atoms with van der Waals surface area (Å²) in [5.74, 6) is 0.511. The van der Waals surface area contributed by atoms with Gasteiger partial charge in [0.2, 0.25) is 0 Å². The van der Waals surface area contributed by atoms with Gasteiger partial charge in [-0.15, -0.1) is 0 Å². The molecule has 1 aromatic rings. The largest absolute Gasteiger partial charge is 0.497 e. The number of rotatable bonds is 5. The van der Waals surface area contributed by atoms with Gasteiger partial charge in [-0.25, -0.2) is 0 Å². The van der Waals surface area contributed by atoms with E-state index in [9.17, 15) is 9.90 Å². The second kappa shape index (κ2) is 7.27. The second-order valence-electron chi connectivity index (χ2n) is 5.75. The first kappa shape index (κ1) is 16.3. The van der Waals surface area contributed by atoms with E-state index in [1.54, 1.807) is 25.3 Å². The van der Waals surface area contributed by atoms with Gasteiger partial charge < -0.3 is 15.2 Å². The van der Waals surface area contributed by atoms with E-state index < -0.39 is 0 Å². The molecule has 4 nitrogen and oxygen atoms in total. The maximum Gasteiger partial charge on any atom is 0.252 e. The number of ether oxygens (including phenoxy) is 1. The van der Waals surface area contributed by atoms with Crippen molar-refractivity contribution in [3.8, 4) is 5.75 Å². The second-order valence-corrected chi connectivity index (χ2v) is 6.60. The highest BCUT2D eigenvalue weighted by atomic mass is 79.9. The number of carbonyl (C=O) groups excluding carboxylic acids is 1. The van der Waals surface area contributed by atoms with Gasteiger partial charge >= 0.3 is 0 Å². The van der Waals surface area contributed by atoms with Gasteiger partial charge in [0.05, 0.1) is 19.3 Å². The average molecular weight is 356 g/mol. The minimum Gasteiger partial charge on any atom is -0.497 e. The quantitative estimate of drug-likeness (QED) is 0.852. The normalized spacial score (nSPS) is 17.3. The maximum absolute atomic E-state index is 12.4.